The molecular weight excluding hydrogens is 348 g/mol. The number of methoxy groups -OCH3 is 1. The first kappa shape index (κ1) is 15.2. The summed E-state index contributed by atoms with van der Waals surface area (Å²) in [6.45, 7) is 0. The third-order valence-electron chi connectivity index (χ3n) is 2.70. The van der Waals surface area contributed by atoms with Crippen LogP contribution in [0.3, 0.4) is 0 Å². The number of ether oxygens (including phenoxy) is 1. The van der Waals surface area contributed by atoms with Crippen molar-refractivity contribution in [2.45, 2.75) is 0 Å². The second-order valence-electron chi connectivity index (χ2n) is 4.09. The summed E-state index contributed by atoms with van der Waals surface area (Å²) in [5, 5.41) is 11.9. The predicted octanol–water partition coefficient (Wildman–Crippen LogP) is 3.69. The fourth-order valence-electron chi connectivity index (χ4n) is 1.64. The van der Waals surface area contributed by atoms with E-state index in [1.54, 1.807) is 0 Å². The highest BCUT2D eigenvalue weighted by molar-refractivity contribution is 9.10. The molecule has 0 fully saturated rings. The number of phenolic OH excluding ortho intramolecular Hbond substituents is 1. The van der Waals surface area contributed by atoms with E-state index in [1.165, 1.54) is 25.3 Å². The fourth-order valence-corrected chi connectivity index (χ4v) is 1.99. The molecule has 0 heterocycles. The smallest absolute Gasteiger partial charge is 0.255 e. The van der Waals surface area contributed by atoms with Crippen molar-refractivity contribution in [3.63, 3.8) is 0 Å². The van der Waals surface area contributed by atoms with Crippen LogP contribution in [-0.4, -0.2) is 18.1 Å². The molecule has 0 aliphatic carbocycles. The molecule has 0 aliphatic heterocycles. The van der Waals surface area contributed by atoms with Crippen molar-refractivity contribution < 1.29 is 23.4 Å². The molecular formula is C14H10BrF2NO3. The molecule has 4 nitrogen and oxygen atoms in total. The molecule has 21 heavy (non-hydrogen) atoms. The Labute approximate surface area is 127 Å². The molecule has 2 aromatic rings. The van der Waals surface area contributed by atoms with Crippen molar-refractivity contribution in [1.29, 1.82) is 0 Å². The molecule has 0 bridgehead atoms. The van der Waals surface area contributed by atoms with Crippen molar-refractivity contribution in [2.24, 2.45) is 0 Å². The third kappa shape index (κ3) is 3.30. The first-order chi connectivity index (χ1) is 9.92. The lowest BCUT2D eigenvalue weighted by Crippen LogP contribution is -2.13. The Morgan fingerprint density at radius 1 is 1.24 bits per heavy atom. The van der Waals surface area contributed by atoms with Crippen LogP contribution in [0, 0.1) is 11.6 Å². The summed E-state index contributed by atoms with van der Waals surface area (Å²) < 4.78 is 31.6. The van der Waals surface area contributed by atoms with Gasteiger partial charge < -0.3 is 15.2 Å². The van der Waals surface area contributed by atoms with Gasteiger partial charge in [-0.2, -0.15) is 0 Å². The van der Waals surface area contributed by atoms with Gasteiger partial charge in [0.15, 0.2) is 11.5 Å². The Morgan fingerprint density at radius 3 is 2.57 bits per heavy atom. The summed E-state index contributed by atoms with van der Waals surface area (Å²) >= 11 is 2.91. The topological polar surface area (TPSA) is 58.6 Å². The summed E-state index contributed by atoms with van der Waals surface area (Å²) in [6.07, 6.45) is 0. The minimum absolute atomic E-state index is 0.0248. The lowest BCUT2D eigenvalue weighted by molar-refractivity contribution is 0.102. The monoisotopic (exact) mass is 357 g/mol. The molecule has 0 saturated heterocycles. The molecule has 0 radical (unpaired) electrons. The zero-order valence-electron chi connectivity index (χ0n) is 10.8. The van der Waals surface area contributed by atoms with Crippen molar-refractivity contribution in [3.8, 4) is 11.5 Å². The van der Waals surface area contributed by atoms with Crippen molar-refractivity contribution in [2.75, 3.05) is 12.4 Å². The summed E-state index contributed by atoms with van der Waals surface area (Å²) in [6, 6.07) is 5.77. The summed E-state index contributed by atoms with van der Waals surface area (Å²) in [4.78, 5) is 12.0. The van der Waals surface area contributed by atoms with Gasteiger partial charge in [-0.1, -0.05) is 0 Å². The summed E-state index contributed by atoms with van der Waals surface area (Å²) in [5.41, 5.74) is -0.0725. The lowest BCUT2D eigenvalue weighted by atomic mass is 10.2. The Balaban J connectivity index is 2.26. The second-order valence-corrected chi connectivity index (χ2v) is 4.94. The first-order valence-corrected chi connectivity index (χ1v) is 6.54. The van der Waals surface area contributed by atoms with E-state index < -0.39 is 17.5 Å². The number of carbonyl (C=O) groups is 1. The molecule has 7 heteroatoms. The normalized spacial score (nSPS) is 10.3. The molecule has 0 atom stereocenters. The van der Waals surface area contributed by atoms with E-state index in [2.05, 4.69) is 21.2 Å². The van der Waals surface area contributed by atoms with Crippen LogP contribution in [0.1, 0.15) is 10.4 Å². The Bertz CT molecular complexity index is 707. The van der Waals surface area contributed by atoms with Crippen LogP contribution in [0.5, 0.6) is 11.5 Å². The fraction of sp³-hybridized carbons (Fsp3) is 0.0714. The van der Waals surface area contributed by atoms with Crippen LogP contribution in [-0.2, 0) is 0 Å². The Morgan fingerprint density at radius 2 is 1.95 bits per heavy atom. The largest absolute Gasteiger partial charge is 0.504 e. The number of nitrogens with one attached hydrogen (secondary N) is 1. The van der Waals surface area contributed by atoms with E-state index in [4.69, 9.17) is 4.74 Å². The number of hydrogen-bond acceptors (Lipinski definition) is 3. The number of phenols is 1. The Hall–Kier alpha value is -2.15. The SMILES string of the molecule is COc1ccc(C(=O)Nc2cc(Br)c(F)cc2F)cc1O. The maximum absolute atomic E-state index is 13.6. The molecule has 0 aromatic heterocycles. The summed E-state index contributed by atoms with van der Waals surface area (Å²) in [7, 11) is 1.38. The van der Waals surface area contributed by atoms with Crippen LogP contribution in [0.15, 0.2) is 34.8 Å². The average molecular weight is 358 g/mol. The van der Waals surface area contributed by atoms with Gasteiger partial charge in [0.05, 0.1) is 17.3 Å². The second kappa shape index (κ2) is 6.09. The number of carbonyl (C=O) groups excluding carboxylic acids is 1. The van der Waals surface area contributed by atoms with Crippen molar-refractivity contribution >= 4 is 27.5 Å². The molecule has 2 N–H and O–H groups in total. The number of amides is 1. The minimum atomic E-state index is -0.901. The van der Waals surface area contributed by atoms with Crippen LogP contribution in [0.25, 0.3) is 0 Å². The van der Waals surface area contributed by atoms with Gasteiger partial charge >= 0.3 is 0 Å². The van der Waals surface area contributed by atoms with E-state index in [0.29, 0.717) is 6.07 Å². The quantitative estimate of drug-likeness (QED) is 0.823. The van der Waals surface area contributed by atoms with Crippen LogP contribution >= 0.6 is 15.9 Å². The molecule has 110 valence electrons. The number of rotatable bonds is 3. The minimum Gasteiger partial charge on any atom is -0.504 e. The van der Waals surface area contributed by atoms with Gasteiger partial charge in [0.25, 0.3) is 5.91 Å². The Kier molecular flexibility index (Phi) is 4.42. The van der Waals surface area contributed by atoms with E-state index in [0.717, 1.165) is 6.07 Å². The molecule has 0 aliphatic rings. The molecule has 1 amide bonds. The maximum Gasteiger partial charge on any atom is 0.255 e. The molecule has 0 spiro atoms. The van der Waals surface area contributed by atoms with Gasteiger partial charge in [-0.3, -0.25) is 4.79 Å². The van der Waals surface area contributed by atoms with E-state index in [-0.39, 0.29) is 27.2 Å². The highest BCUT2D eigenvalue weighted by Gasteiger charge is 2.14. The van der Waals surface area contributed by atoms with Gasteiger partial charge in [0, 0.05) is 11.6 Å². The highest BCUT2D eigenvalue weighted by atomic mass is 79.9. The number of anilines is 1. The maximum atomic E-state index is 13.6. The van der Waals surface area contributed by atoms with Crippen molar-refractivity contribution in [3.05, 3.63) is 52.0 Å². The van der Waals surface area contributed by atoms with E-state index >= 15 is 0 Å². The van der Waals surface area contributed by atoms with E-state index in [1.807, 2.05) is 0 Å². The number of hydrogen-bond donors (Lipinski definition) is 2. The zero-order chi connectivity index (χ0) is 15.6. The van der Waals surface area contributed by atoms with E-state index in [9.17, 15) is 18.7 Å². The zero-order valence-corrected chi connectivity index (χ0v) is 12.4. The standard InChI is InChI=1S/C14H10BrF2NO3/c1-21-13-3-2-7(4-12(13)19)14(20)18-11-5-8(15)9(16)6-10(11)17/h2-6,19H,1H3,(H,18,20). The van der Waals surface area contributed by atoms with Crippen molar-refractivity contribution in [1.82, 2.24) is 0 Å². The average Bonchev–Trinajstić information content (AvgIpc) is 2.44. The molecule has 2 aromatic carbocycles. The third-order valence-corrected chi connectivity index (χ3v) is 3.31. The van der Waals surface area contributed by atoms with Gasteiger partial charge in [0.1, 0.15) is 11.6 Å². The van der Waals surface area contributed by atoms with Gasteiger partial charge in [-0.05, 0) is 40.2 Å². The lowest BCUT2D eigenvalue weighted by Gasteiger charge is -2.09. The van der Waals surface area contributed by atoms with Gasteiger partial charge in [-0.15, -0.1) is 0 Å². The molecule has 0 saturated carbocycles. The first-order valence-electron chi connectivity index (χ1n) is 5.75. The number of halogens is 3. The van der Waals surface area contributed by atoms with Crippen LogP contribution in [0.2, 0.25) is 0 Å². The summed E-state index contributed by atoms with van der Waals surface area (Å²) in [5.74, 6) is -2.33. The predicted molar refractivity (Wildman–Crippen MR) is 76.7 cm³/mol. The van der Waals surface area contributed by atoms with Crippen LogP contribution < -0.4 is 10.1 Å². The highest BCUT2D eigenvalue weighted by Crippen LogP contribution is 2.28. The molecule has 2 rings (SSSR count). The van der Waals surface area contributed by atoms with Crippen LogP contribution in [0.4, 0.5) is 14.5 Å². The van der Waals surface area contributed by atoms with Gasteiger partial charge in [-0.25, -0.2) is 8.78 Å². The van der Waals surface area contributed by atoms with Gasteiger partial charge in [0.2, 0.25) is 0 Å². The number of aromatic hydroxyl groups is 1. The molecule has 0 unspecified atom stereocenters. The number of benzene rings is 2.